The van der Waals surface area contributed by atoms with Crippen molar-refractivity contribution in [2.24, 2.45) is 0 Å². The summed E-state index contributed by atoms with van der Waals surface area (Å²) in [5, 5.41) is 10.5. The highest BCUT2D eigenvalue weighted by molar-refractivity contribution is 7.87. The summed E-state index contributed by atoms with van der Waals surface area (Å²) in [6, 6.07) is 0. The van der Waals surface area contributed by atoms with Crippen LogP contribution in [0.1, 0.15) is 13.8 Å². The first-order valence-electron chi connectivity index (χ1n) is 3.84. The summed E-state index contributed by atoms with van der Waals surface area (Å²) in [6.07, 6.45) is 0. The molecule has 96 valence electrons. The highest BCUT2D eigenvalue weighted by Crippen LogP contribution is 2.24. The predicted octanol–water partition coefficient (Wildman–Crippen LogP) is 0.263. The van der Waals surface area contributed by atoms with Gasteiger partial charge in [0.1, 0.15) is 12.3 Å². The molecular formula is C6H10F3NO5S. The van der Waals surface area contributed by atoms with Crippen molar-refractivity contribution in [3.8, 4) is 0 Å². The molecule has 10 heteroatoms. The van der Waals surface area contributed by atoms with E-state index in [4.69, 9.17) is 5.11 Å². The fraction of sp³-hybridized carbons (Fsp3) is 0.833. The summed E-state index contributed by atoms with van der Waals surface area (Å²) in [6.45, 7) is 1.19. The molecule has 0 aliphatic carbocycles. The molecule has 0 rings (SSSR count). The second-order valence-electron chi connectivity index (χ2n) is 3.27. The Labute approximate surface area is 89.5 Å². The molecule has 0 saturated heterocycles. The van der Waals surface area contributed by atoms with E-state index in [-0.39, 0.29) is 0 Å². The van der Waals surface area contributed by atoms with E-state index in [9.17, 15) is 26.4 Å². The first-order chi connectivity index (χ1) is 6.90. The zero-order valence-corrected chi connectivity index (χ0v) is 9.15. The van der Waals surface area contributed by atoms with Crippen molar-refractivity contribution in [2.75, 3.05) is 6.73 Å². The van der Waals surface area contributed by atoms with E-state index in [1.165, 1.54) is 0 Å². The topological polar surface area (TPSA) is 92.7 Å². The molecule has 0 aliphatic rings. The number of aliphatic carboxylic acids is 1. The molecule has 6 nitrogen and oxygen atoms in total. The van der Waals surface area contributed by atoms with E-state index in [0.29, 0.717) is 0 Å². The third-order valence-electron chi connectivity index (χ3n) is 1.55. The summed E-state index contributed by atoms with van der Waals surface area (Å²) < 4.78 is 59.6. The molecule has 0 saturated carbocycles. The SMILES string of the molecule is CC(C)(NCOS(=O)(=O)C(F)(F)F)C(=O)O. The van der Waals surface area contributed by atoms with Gasteiger partial charge >= 0.3 is 21.6 Å². The van der Waals surface area contributed by atoms with Gasteiger partial charge in [0.2, 0.25) is 0 Å². The van der Waals surface area contributed by atoms with E-state index in [2.05, 4.69) is 4.18 Å². The zero-order chi connectivity index (χ0) is 13.2. The number of carboxylic acids is 1. The maximum atomic E-state index is 11.8. The summed E-state index contributed by atoms with van der Waals surface area (Å²) in [4.78, 5) is 10.5. The third-order valence-corrected chi connectivity index (χ3v) is 2.54. The molecule has 16 heavy (non-hydrogen) atoms. The number of carbonyl (C=O) groups is 1. The van der Waals surface area contributed by atoms with Gasteiger partial charge in [-0.3, -0.25) is 10.1 Å². The maximum Gasteiger partial charge on any atom is 0.523 e. The van der Waals surface area contributed by atoms with E-state index in [1.54, 1.807) is 0 Å². The third kappa shape index (κ3) is 3.94. The fourth-order valence-corrected chi connectivity index (χ4v) is 0.778. The van der Waals surface area contributed by atoms with Gasteiger partial charge in [0.15, 0.2) is 0 Å². The molecule has 0 bridgehead atoms. The van der Waals surface area contributed by atoms with Gasteiger partial charge in [-0.25, -0.2) is 4.18 Å². The molecule has 0 fully saturated rings. The summed E-state index contributed by atoms with van der Waals surface area (Å²) in [7, 11) is -5.70. The molecule has 0 aromatic rings. The number of rotatable bonds is 5. The van der Waals surface area contributed by atoms with Crippen molar-refractivity contribution in [3.05, 3.63) is 0 Å². The lowest BCUT2D eigenvalue weighted by molar-refractivity contribution is -0.143. The largest absolute Gasteiger partial charge is 0.523 e. The van der Waals surface area contributed by atoms with Crippen molar-refractivity contribution in [1.82, 2.24) is 5.32 Å². The zero-order valence-electron chi connectivity index (χ0n) is 8.33. The Kier molecular flexibility index (Phi) is 4.31. The lowest BCUT2D eigenvalue weighted by Gasteiger charge is -2.20. The van der Waals surface area contributed by atoms with Crippen LogP contribution in [0, 0.1) is 0 Å². The molecule has 0 aromatic carbocycles. The van der Waals surface area contributed by atoms with E-state index < -0.39 is 33.9 Å². The van der Waals surface area contributed by atoms with Crippen LogP contribution in [0.5, 0.6) is 0 Å². The van der Waals surface area contributed by atoms with Gasteiger partial charge in [-0.05, 0) is 13.8 Å². The minimum atomic E-state index is -5.70. The predicted molar refractivity (Wildman–Crippen MR) is 45.8 cm³/mol. The summed E-state index contributed by atoms with van der Waals surface area (Å²) >= 11 is 0. The van der Waals surface area contributed by atoms with Crippen molar-refractivity contribution in [3.63, 3.8) is 0 Å². The molecule has 2 N–H and O–H groups in total. The number of alkyl halides is 3. The Morgan fingerprint density at radius 1 is 1.38 bits per heavy atom. The van der Waals surface area contributed by atoms with Gasteiger partial charge in [-0.2, -0.15) is 21.6 Å². The molecule has 0 unspecified atom stereocenters. The molecule has 0 radical (unpaired) electrons. The van der Waals surface area contributed by atoms with Crippen LogP contribution in [0.25, 0.3) is 0 Å². The molecule has 0 amide bonds. The van der Waals surface area contributed by atoms with Gasteiger partial charge in [0.25, 0.3) is 0 Å². The maximum absolute atomic E-state index is 11.8. The molecule has 0 heterocycles. The number of hydrogen-bond donors (Lipinski definition) is 2. The molecule has 0 spiro atoms. The second-order valence-corrected chi connectivity index (χ2v) is 4.88. The Morgan fingerprint density at radius 2 is 1.81 bits per heavy atom. The first kappa shape index (κ1) is 15.1. The highest BCUT2D eigenvalue weighted by Gasteiger charge is 2.47. The Balaban J connectivity index is 4.36. The van der Waals surface area contributed by atoms with Crippen LogP contribution >= 0.6 is 0 Å². The van der Waals surface area contributed by atoms with Crippen LogP contribution in [0.4, 0.5) is 13.2 Å². The van der Waals surface area contributed by atoms with Crippen molar-refractivity contribution < 1.29 is 35.7 Å². The van der Waals surface area contributed by atoms with E-state index >= 15 is 0 Å². The standard InChI is InChI=1S/C6H10F3NO5S/c1-5(2,4(11)12)10-3-15-16(13,14)6(7,8)9/h10H,3H2,1-2H3,(H,11,12). The lowest BCUT2D eigenvalue weighted by atomic mass is 10.1. The van der Waals surface area contributed by atoms with Crippen molar-refractivity contribution >= 4 is 16.1 Å². The van der Waals surface area contributed by atoms with Gasteiger partial charge in [-0.1, -0.05) is 0 Å². The van der Waals surface area contributed by atoms with Gasteiger partial charge in [0, 0.05) is 0 Å². The minimum Gasteiger partial charge on any atom is -0.480 e. The van der Waals surface area contributed by atoms with Crippen molar-refractivity contribution in [1.29, 1.82) is 0 Å². The van der Waals surface area contributed by atoms with Crippen molar-refractivity contribution in [2.45, 2.75) is 24.9 Å². The molecule has 0 atom stereocenters. The smallest absolute Gasteiger partial charge is 0.480 e. The van der Waals surface area contributed by atoms with E-state index in [1.807, 2.05) is 5.32 Å². The number of carboxylic acid groups (broad SMARTS) is 1. The van der Waals surface area contributed by atoms with E-state index in [0.717, 1.165) is 13.8 Å². The van der Waals surface area contributed by atoms with Crippen LogP contribution in [0.3, 0.4) is 0 Å². The normalized spacial score (nSPS) is 13.8. The monoisotopic (exact) mass is 265 g/mol. The van der Waals surface area contributed by atoms with Crippen LogP contribution in [0.2, 0.25) is 0 Å². The molecular weight excluding hydrogens is 255 g/mol. The Morgan fingerprint density at radius 3 is 2.12 bits per heavy atom. The van der Waals surface area contributed by atoms with Gasteiger partial charge in [0.05, 0.1) is 0 Å². The average molecular weight is 265 g/mol. The number of nitrogens with one attached hydrogen (secondary N) is 1. The Hall–Kier alpha value is -0.870. The number of hydrogen-bond acceptors (Lipinski definition) is 5. The van der Waals surface area contributed by atoms with Gasteiger partial charge in [-0.15, -0.1) is 0 Å². The molecule has 0 aliphatic heterocycles. The molecule has 0 aromatic heterocycles. The second kappa shape index (κ2) is 4.55. The van der Waals surface area contributed by atoms with Crippen LogP contribution in [-0.2, 0) is 19.1 Å². The fourth-order valence-electron chi connectivity index (χ4n) is 0.430. The summed E-state index contributed by atoms with van der Waals surface area (Å²) in [5.74, 6) is -1.36. The van der Waals surface area contributed by atoms with Crippen LogP contribution < -0.4 is 5.32 Å². The lowest BCUT2D eigenvalue weighted by Crippen LogP contribution is -2.48. The van der Waals surface area contributed by atoms with Gasteiger partial charge < -0.3 is 5.11 Å². The summed E-state index contributed by atoms with van der Waals surface area (Å²) in [5.41, 5.74) is -7.12. The average Bonchev–Trinajstić information content (AvgIpc) is 2.00. The van der Waals surface area contributed by atoms with Crippen LogP contribution in [0.15, 0.2) is 0 Å². The van der Waals surface area contributed by atoms with Crippen LogP contribution in [-0.4, -0.2) is 37.3 Å². The first-order valence-corrected chi connectivity index (χ1v) is 5.25. The Bertz CT molecular complexity index is 361. The number of halogens is 3. The highest BCUT2D eigenvalue weighted by atomic mass is 32.2. The quantitative estimate of drug-likeness (QED) is 0.421. The minimum absolute atomic E-state index is 1.08.